The lowest BCUT2D eigenvalue weighted by Crippen LogP contribution is -2.00. The third-order valence-corrected chi connectivity index (χ3v) is 3.46. The topological polar surface area (TPSA) is 21.6 Å². The van der Waals surface area contributed by atoms with Gasteiger partial charge in [-0.15, -0.1) is 0 Å². The normalized spacial score (nSPS) is 18.3. The summed E-state index contributed by atoms with van der Waals surface area (Å²) in [6.45, 7) is 0.620. The summed E-state index contributed by atoms with van der Waals surface area (Å²) in [6, 6.07) is 18.4. The fraction of sp³-hybridized carbons (Fsp3) is 0.133. The lowest BCUT2D eigenvalue weighted by molar-refractivity contribution is 0.320. The van der Waals surface area contributed by atoms with Gasteiger partial charge in [0.2, 0.25) is 5.90 Å². The van der Waals surface area contributed by atoms with E-state index in [4.69, 9.17) is 4.74 Å². The first-order valence-electron chi connectivity index (χ1n) is 5.84. The van der Waals surface area contributed by atoms with Crippen molar-refractivity contribution in [3.63, 3.8) is 0 Å². The average molecular weight is 302 g/mol. The quantitative estimate of drug-likeness (QED) is 0.822. The highest BCUT2D eigenvalue weighted by Gasteiger charge is 2.21. The number of benzene rings is 2. The molecule has 0 radical (unpaired) electrons. The molecule has 0 bridgehead atoms. The van der Waals surface area contributed by atoms with Crippen LogP contribution >= 0.6 is 15.9 Å². The monoisotopic (exact) mass is 301 g/mol. The highest BCUT2D eigenvalue weighted by molar-refractivity contribution is 9.10. The minimum absolute atomic E-state index is 0.116. The average Bonchev–Trinajstić information content (AvgIpc) is 2.90. The minimum atomic E-state index is 0.116. The van der Waals surface area contributed by atoms with Crippen LogP contribution in [0.15, 0.2) is 64.1 Å². The van der Waals surface area contributed by atoms with Gasteiger partial charge in [0.15, 0.2) is 0 Å². The Morgan fingerprint density at radius 3 is 2.44 bits per heavy atom. The number of halogens is 1. The molecule has 1 aliphatic heterocycles. The molecule has 0 N–H and O–H groups in total. The number of hydrogen-bond acceptors (Lipinski definition) is 2. The molecule has 1 unspecified atom stereocenters. The lowest BCUT2D eigenvalue weighted by atomic mass is 10.1. The van der Waals surface area contributed by atoms with E-state index >= 15 is 0 Å². The number of hydrogen-bond donors (Lipinski definition) is 0. The second-order valence-electron chi connectivity index (χ2n) is 4.18. The molecule has 3 heteroatoms. The molecule has 2 nitrogen and oxygen atoms in total. The molecule has 0 saturated heterocycles. The Balaban J connectivity index is 1.86. The zero-order valence-electron chi connectivity index (χ0n) is 9.71. The van der Waals surface area contributed by atoms with Crippen molar-refractivity contribution < 1.29 is 4.74 Å². The van der Waals surface area contributed by atoms with Crippen LogP contribution in [-0.4, -0.2) is 12.5 Å². The highest BCUT2D eigenvalue weighted by Crippen LogP contribution is 2.25. The van der Waals surface area contributed by atoms with Crippen molar-refractivity contribution in [1.29, 1.82) is 0 Å². The van der Waals surface area contributed by atoms with Gasteiger partial charge in [-0.25, -0.2) is 4.99 Å². The van der Waals surface area contributed by atoms with Crippen LogP contribution < -0.4 is 0 Å². The Morgan fingerprint density at radius 1 is 1.00 bits per heavy atom. The molecule has 2 aromatic carbocycles. The molecule has 0 spiro atoms. The van der Waals surface area contributed by atoms with Gasteiger partial charge in [0.1, 0.15) is 12.6 Å². The molecule has 1 aliphatic rings. The molecule has 90 valence electrons. The van der Waals surface area contributed by atoms with Crippen LogP contribution in [0.2, 0.25) is 0 Å². The third-order valence-electron chi connectivity index (χ3n) is 2.93. The fourth-order valence-corrected chi connectivity index (χ4v) is 2.23. The summed E-state index contributed by atoms with van der Waals surface area (Å²) in [6.07, 6.45) is 0. The minimum Gasteiger partial charge on any atom is -0.475 e. The van der Waals surface area contributed by atoms with Crippen molar-refractivity contribution in [2.24, 2.45) is 4.99 Å². The van der Waals surface area contributed by atoms with E-state index < -0.39 is 0 Å². The van der Waals surface area contributed by atoms with Crippen molar-refractivity contribution in [2.45, 2.75) is 6.04 Å². The Kier molecular flexibility index (Phi) is 3.15. The molecule has 0 aromatic heterocycles. The van der Waals surface area contributed by atoms with Crippen LogP contribution in [0.4, 0.5) is 0 Å². The van der Waals surface area contributed by atoms with Gasteiger partial charge in [0.05, 0.1) is 0 Å². The van der Waals surface area contributed by atoms with Crippen LogP contribution in [0, 0.1) is 0 Å². The van der Waals surface area contributed by atoms with Crippen LogP contribution in [-0.2, 0) is 4.74 Å². The van der Waals surface area contributed by atoms with Gasteiger partial charge in [-0.2, -0.15) is 0 Å². The summed E-state index contributed by atoms with van der Waals surface area (Å²) in [7, 11) is 0. The predicted molar refractivity (Wildman–Crippen MR) is 75.8 cm³/mol. The van der Waals surface area contributed by atoms with E-state index in [1.54, 1.807) is 0 Å². The summed E-state index contributed by atoms with van der Waals surface area (Å²) < 4.78 is 6.74. The molecule has 0 aliphatic carbocycles. The van der Waals surface area contributed by atoms with E-state index in [1.807, 2.05) is 42.5 Å². The van der Waals surface area contributed by atoms with E-state index in [0.717, 1.165) is 15.9 Å². The van der Waals surface area contributed by atoms with E-state index in [-0.39, 0.29) is 6.04 Å². The summed E-state index contributed by atoms with van der Waals surface area (Å²) in [5.74, 6) is 0.733. The van der Waals surface area contributed by atoms with Gasteiger partial charge in [0.25, 0.3) is 0 Å². The maximum atomic E-state index is 5.68. The van der Waals surface area contributed by atoms with Gasteiger partial charge in [0, 0.05) is 10.0 Å². The smallest absolute Gasteiger partial charge is 0.216 e. The van der Waals surface area contributed by atoms with Crippen LogP contribution in [0.25, 0.3) is 0 Å². The molecule has 1 heterocycles. The van der Waals surface area contributed by atoms with Crippen molar-refractivity contribution in [1.82, 2.24) is 0 Å². The SMILES string of the molecule is Brc1ccc(C2=NC(c3ccccc3)CO2)cc1. The van der Waals surface area contributed by atoms with Gasteiger partial charge in [-0.1, -0.05) is 46.3 Å². The van der Waals surface area contributed by atoms with Crippen molar-refractivity contribution >= 4 is 21.8 Å². The number of nitrogens with zero attached hydrogens (tertiary/aromatic N) is 1. The van der Waals surface area contributed by atoms with E-state index in [0.29, 0.717) is 6.61 Å². The highest BCUT2D eigenvalue weighted by atomic mass is 79.9. The summed E-state index contributed by atoms with van der Waals surface area (Å²) in [5.41, 5.74) is 2.22. The molecule has 0 saturated carbocycles. The maximum Gasteiger partial charge on any atom is 0.216 e. The first-order valence-corrected chi connectivity index (χ1v) is 6.64. The number of ether oxygens (including phenoxy) is 1. The molecular formula is C15H12BrNO. The Bertz CT molecular complexity index is 563. The Labute approximate surface area is 114 Å². The molecular weight excluding hydrogens is 290 g/mol. The van der Waals surface area contributed by atoms with Gasteiger partial charge in [-0.05, 0) is 29.8 Å². The zero-order chi connectivity index (χ0) is 12.4. The number of rotatable bonds is 2. The second kappa shape index (κ2) is 4.94. The number of aliphatic imine (C=N–C) groups is 1. The summed E-state index contributed by atoms with van der Waals surface area (Å²) in [4.78, 5) is 4.64. The van der Waals surface area contributed by atoms with E-state index in [1.165, 1.54) is 5.56 Å². The van der Waals surface area contributed by atoms with E-state index in [9.17, 15) is 0 Å². The van der Waals surface area contributed by atoms with E-state index in [2.05, 4.69) is 33.1 Å². The standard InChI is InChI=1S/C15H12BrNO/c16-13-8-6-12(7-9-13)15-17-14(10-18-15)11-4-2-1-3-5-11/h1-9,14H,10H2. The second-order valence-corrected chi connectivity index (χ2v) is 5.09. The lowest BCUT2D eigenvalue weighted by Gasteiger charge is -2.03. The predicted octanol–water partition coefficient (Wildman–Crippen LogP) is 3.97. The fourth-order valence-electron chi connectivity index (χ4n) is 1.97. The summed E-state index contributed by atoms with van der Waals surface area (Å²) >= 11 is 3.42. The van der Waals surface area contributed by atoms with Gasteiger partial charge >= 0.3 is 0 Å². The largest absolute Gasteiger partial charge is 0.475 e. The first kappa shape index (κ1) is 11.5. The molecule has 18 heavy (non-hydrogen) atoms. The third kappa shape index (κ3) is 2.31. The Morgan fingerprint density at radius 2 is 1.72 bits per heavy atom. The molecule has 1 atom stereocenters. The summed E-state index contributed by atoms with van der Waals surface area (Å²) in [5, 5.41) is 0. The molecule has 0 amide bonds. The van der Waals surface area contributed by atoms with Crippen molar-refractivity contribution in [3.05, 3.63) is 70.2 Å². The van der Waals surface area contributed by atoms with Crippen LogP contribution in [0.5, 0.6) is 0 Å². The molecule has 2 aromatic rings. The Hall–Kier alpha value is -1.61. The maximum absolute atomic E-state index is 5.68. The van der Waals surface area contributed by atoms with Gasteiger partial charge in [-0.3, -0.25) is 0 Å². The van der Waals surface area contributed by atoms with Crippen LogP contribution in [0.1, 0.15) is 17.2 Å². The first-order chi connectivity index (χ1) is 8.83. The molecule has 3 rings (SSSR count). The molecule has 0 fully saturated rings. The van der Waals surface area contributed by atoms with Gasteiger partial charge < -0.3 is 4.74 Å². The zero-order valence-corrected chi connectivity index (χ0v) is 11.3. The van der Waals surface area contributed by atoms with Crippen LogP contribution in [0.3, 0.4) is 0 Å². The van der Waals surface area contributed by atoms with Crippen molar-refractivity contribution in [2.75, 3.05) is 6.61 Å². The van der Waals surface area contributed by atoms with Crippen molar-refractivity contribution in [3.8, 4) is 0 Å².